The van der Waals surface area contributed by atoms with E-state index in [-0.39, 0.29) is 35.5 Å². The molecule has 0 amide bonds. The Labute approximate surface area is 197 Å². The summed E-state index contributed by atoms with van der Waals surface area (Å²) < 4.78 is 29.9. The Morgan fingerprint density at radius 1 is 1.17 bits per heavy atom. The zero-order valence-electron chi connectivity index (χ0n) is 17.9. The van der Waals surface area contributed by atoms with Gasteiger partial charge in [0.15, 0.2) is 21.6 Å². The second-order valence-electron chi connectivity index (χ2n) is 7.02. The van der Waals surface area contributed by atoms with Crippen LogP contribution in [0.25, 0.3) is 0 Å². The Kier molecular flexibility index (Phi) is 12.0. The molecular weight excluding hydrogens is 515 g/mol. The molecule has 7 nitrogen and oxygen atoms in total. The number of benzene rings is 1. The molecule has 0 saturated carbocycles. The van der Waals surface area contributed by atoms with Crippen LogP contribution in [0.15, 0.2) is 45.9 Å². The van der Waals surface area contributed by atoms with Gasteiger partial charge in [0.05, 0.1) is 23.7 Å². The van der Waals surface area contributed by atoms with Gasteiger partial charge in [-0.2, -0.15) is 0 Å². The zero-order valence-corrected chi connectivity index (χ0v) is 21.1. The Morgan fingerprint density at radius 2 is 1.87 bits per heavy atom. The number of halogens is 1. The minimum absolute atomic E-state index is 0. The van der Waals surface area contributed by atoms with Crippen LogP contribution in [0.4, 0.5) is 0 Å². The molecule has 0 saturated heterocycles. The lowest BCUT2D eigenvalue weighted by atomic mass is 9.99. The van der Waals surface area contributed by atoms with Crippen molar-refractivity contribution in [3.63, 3.8) is 0 Å². The summed E-state index contributed by atoms with van der Waals surface area (Å²) in [5.41, 5.74) is 1.80. The summed E-state index contributed by atoms with van der Waals surface area (Å²) in [5, 5.41) is 10.5. The van der Waals surface area contributed by atoms with Crippen molar-refractivity contribution in [2.75, 3.05) is 19.3 Å². The molecule has 2 aromatic rings. The molecule has 0 aliphatic rings. The maximum atomic E-state index is 12.2. The van der Waals surface area contributed by atoms with Crippen LogP contribution in [0, 0.1) is 0 Å². The van der Waals surface area contributed by atoms with E-state index in [4.69, 9.17) is 4.52 Å². The number of aromatic nitrogens is 1. The molecule has 9 heteroatoms. The highest BCUT2D eigenvalue weighted by Gasteiger charge is 2.14. The summed E-state index contributed by atoms with van der Waals surface area (Å²) in [4.78, 5) is 4.16. The van der Waals surface area contributed by atoms with E-state index in [1.165, 1.54) is 0 Å². The normalized spacial score (nSPS) is 11.9. The maximum Gasteiger partial charge on any atom is 0.191 e. The number of sulfone groups is 1. The molecule has 2 rings (SSSR count). The lowest BCUT2D eigenvalue weighted by Gasteiger charge is -2.11. The van der Waals surface area contributed by atoms with Gasteiger partial charge in [-0.05, 0) is 24.8 Å². The largest absolute Gasteiger partial charge is 0.359 e. The number of hydrogen-bond acceptors (Lipinski definition) is 5. The number of hydrogen-bond donors (Lipinski definition) is 2. The standard InChI is InChI=1S/C21H32N4O3S.HI/c1-4-18(5-2)20-14-19(28-25-20)15-24-21(22-3)23-12-9-13-29(26,27)16-17-10-7-6-8-11-17;/h6-8,10-11,14,18H,4-5,9,12-13,15-16H2,1-3H3,(H2,22,23,24);1H. The third-order valence-corrected chi connectivity index (χ3v) is 6.47. The number of aliphatic imine (C=N–C) groups is 1. The van der Waals surface area contributed by atoms with Gasteiger partial charge in [-0.25, -0.2) is 8.42 Å². The summed E-state index contributed by atoms with van der Waals surface area (Å²) in [6.45, 7) is 5.28. The van der Waals surface area contributed by atoms with Crippen molar-refractivity contribution < 1.29 is 12.9 Å². The van der Waals surface area contributed by atoms with Crippen molar-refractivity contribution in [1.29, 1.82) is 0 Å². The first kappa shape index (κ1) is 26.4. The highest BCUT2D eigenvalue weighted by Crippen LogP contribution is 2.22. The fraction of sp³-hybridized carbons (Fsp3) is 0.524. The molecule has 0 atom stereocenters. The predicted octanol–water partition coefficient (Wildman–Crippen LogP) is 3.87. The number of nitrogens with zero attached hydrogens (tertiary/aromatic N) is 2. The molecule has 168 valence electrons. The highest BCUT2D eigenvalue weighted by atomic mass is 127. The lowest BCUT2D eigenvalue weighted by Crippen LogP contribution is -2.37. The molecule has 30 heavy (non-hydrogen) atoms. The van der Waals surface area contributed by atoms with Crippen LogP contribution in [0.3, 0.4) is 0 Å². The minimum atomic E-state index is -3.13. The molecule has 1 aromatic heterocycles. The quantitative estimate of drug-likeness (QED) is 0.192. The molecule has 0 fully saturated rings. The first-order valence-electron chi connectivity index (χ1n) is 10.1. The highest BCUT2D eigenvalue weighted by molar-refractivity contribution is 14.0. The molecule has 1 heterocycles. The smallest absolute Gasteiger partial charge is 0.191 e. The van der Waals surface area contributed by atoms with Crippen LogP contribution in [0.5, 0.6) is 0 Å². The first-order valence-corrected chi connectivity index (χ1v) is 11.9. The fourth-order valence-corrected chi connectivity index (χ4v) is 4.53. The van der Waals surface area contributed by atoms with Gasteiger partial charge in [0.2, 0.25) is 0 Å². The second-order valence-corrected chi connectivity index (χ2v) is 9.20. The molecule has 1 aromatic carbocycles. The summed E-state index contributed by atoms with van der Waals surface area (Å²) in [5.74, 6) is 1.98. The Hall–Kier alpha value is -1.62. The molecule has 0 unspecified atom stereocenters. The van der Waals surface area contributed by atoms with Gasteiger partial charge in [-0.15, -0.1) is 24.0 Å². The summed E-state index contributed by atoms with van der Waals surface area (Å²) in [7, 11) is -1.45. The van der Waals surface area contributed by atoms with E-state index in [0.29, 0.717) is 31.4 Å². The van der Waals surface area contributed by atoms with Gasteiger partial charge >= 0.3 is 0 Å². The van der Waals surface area contributed by atoms with E-state index >= 15 is 0 Å². The van der Waals surface area contributed by atoms with E-state index in [1.807, 2.05) is 36.4 Å². The third-order valence-electron chi connectivity index (χ3n) is 4.79. The third kappa shape index (κ3) is 9.03. The van der Waals surface area contributed by atoms with Crippen molar-refractivity contribution in [3.8, 4) is 0 Å². The summed E-state index contributed by atoms with van der Waals surface area (Å²) in [6, 6.07) is 11.2. The van der Waals surface area contributed by atoms with Crippen LogP contribution < -0.4 is 10.6 Å². The predicted molar refractivity (Wildman–Crippen MR) is 132 cm³/mol. The van der Waals surface area contributed by atoms with E-state index in [9.17, 15) is 8.42 Å². The first-order chi connectivity index (χ1) is 14.0. The molecule has 0 aliphatic carbocycles. The van der Waals surface area contributed by atoms with Gasteiger partial charge in [0.1, 0.15) is 0 Å². The molecule has 0 bridgehead atoms. The average Bonchev–Trinajstić information content (AvgIpc) is 3.17. The van der Waals surface area contributed by atoms with E-state index in [1.54, 1.807) is 7.05 Å². The van der Waals surface area contributed by atoms with Gasteiger partial charge in [0, 0.05) is 25.6 Å². The van der Waals surface area contributed by atoms with Crippen molar-refractivity contribution in [3.05, 3.63) is 53.4 Å². The zero-order chi connectivity index (χ0) is 21.1. The van der Waals surface area contributed by atoms with Crippen LogP contribution in [-0.2, 0) is 22.1 Å². The second kappa shape index (κ2) is 13.6. The van der Waals surface area contributed by atoms with Crippen molar-refractivity contribution in [2.24, 2.45) is 4.99 Å². The van der Waals surface area contributed by atoms with Crippen LogP contribution in [-0.4, -0.2) is 38.9 Å². The molecule has 0 radical (unpaired) electrons. The lowest BCUT2D eigenvalue weighted by molar-refractivity contribution is 0.368. The number of rotatable bonds is 11. The fourth-order valence-electron chi connectivity index (χ4n) is 3.10. The van der Waals surface area contributed by atoms with E-state index < -0.39 is 9.84 Å². The number of nitrogens with one attached hydrogen (secondary N) is 2. The summed E-state index contributed by atoms with van der Waals surface area (Å²) in [6.07, 6.45) is 2.58. The van der Waals surface area contributed by atoms with Gasteiger partial charge < -0.3 is 15.2 Å². The summed E-state index contributed by atoms with van der Waals surface area (Å²) >= 11 is 0. The Bertz CT molecular complexity index is 865. The van der Waals surface area contributed by atoms with Gasteiger partial charge in [0.25, 0.3) is 0 Å². The van der Waals surface area contributed by atoms with Crippen molar-refractivity contribution >= 4 is 39.8 Å². The van der Waals surface area contributed by atoms with Crippen LogP contribution in [0.2, 0.25) is 0 Å². The Morgan fingerprint density at radius 3 is 2.50 bits per heavy atom. The maximum absolute atomic E-state index is 12.2. The molecule has 0 spiro atoms. The van der Waals surface area contributed by atoms with Crippen molar-refractivity contribution in [1.82, 2.24) is 15.8 Å². The topological polar surface area (TPSA) is 96.6 Å². The molecular formula is C21H33IN4O3S. The van der Waals surface area contributed by atoms with Crippen LogP contribution in [0.1, 0.15) is 56.0 Å². The monoisotopic (exact) mass is 548 g/mol. The number of guanidine groups is 1. The average molecular weight is 548 g/mol. The Balaban J connectivity index is 0.00000450. The van der Waals surface area contributed by atoms with Gasteiger partial charge in [-0.3, -0.25) is 4.99 Å². The van der Waals surface area contributed by atoms with E-state index in [0.717, 1.165) is 29.9 Å². The van der Waals surface area contributed by atoms with E-state index in [2.05, 4.69) is 34.6 Å². The van der Waals surface area contributed by atoms with Crippen LogP contribution >= 0.6 is 24.0 Å². The SMILES string of the molecule is CCC(CC)c1cc(CNC(=NC)NCCCS(=O)(=O)Cc2ccccc2)on1.I. The minimum Gasteiger partial charge on any atom is -0.359 e. The molecule has 2 N–H and O–H groups in total. The van der Waals surface area contributed by atoms with Gasteiger partial charge in [-0.1, -0.05) is 49.3 Å². The molecule has 0 aliphatic heterocycles. The van der Waals surface area contributed by atoms with Crippen molar-refractivity contribution in [2.45, 2.75) is 51.3 Å².